The summed E-state index contributed by atoms with van der Waals surface area (Å²) in [7, 11) is 0. The van der Waals surface area contributed by atoms with E-state index in [1.807, 2.05) is 0 Å². The fraction of sp³-hybridized carbons (Fsp3) is 0.455. The van der Waals surface area contributed by atoms with Crippen LogP contribution in [0.3, 0.4) is 0 Å². The molecule has 0 aliphatic heterocycles. The lowest BCUT2D eigenvalue weighted by atomic mass is 10.2. The van der Waals surface area contributed by atoms with Crippen LogP contribution in [0.1, 0.15) is 19.4 Å². The lowest BCUT2D eigenvalue weighted by molar-refractivity contribution is -0.384. The molecule has 1 aromatic rings. The van der Waals surface area contributed by atoms with Gasteiger partial charge in [-0.25, -0.2) is 0 Å². The van der Waals surface area contributed by atoms with Crippen molar-refractivity contribution in [3.05, 3.63) is 39.9 Å². The number of benzene rings is 1. The standard InChI is InChI=1S/C11H16N2O2/c1-9(2)7-12-8-10-3-5-11(6-4-10)13(14)15/h3-6,9,12H,7-8H2,1-2H3. The largest absolute Gasteiger partial charge is 0.312 e. The van der Waals surface area contributed by atoms with E-state index in [1.54, 1.807) is 12.1 Å². The molecular weight excluding hydrogens is 192 g/mol. The minimum Gasteiger partial charge on any atom is -0.312 e. The van der Waals surface area contributed by atoms with E-state index < -0.39 is 0 Å². The summed E-state index contributed by atoms with van der Waals surface area (Å²) in [6.07, 6.45) is 0. The summed E-state index contributed by atoms with van der Waals surface area (Å²) in [4.78, 5) is 10.0. The second-order valence-electron chi connectivity index (χ2n) is 3.95. The smallest absolute Gasteiger partial charge is 0.269 e. The molecule has 0 bridgehead atoms. The Bertz CT molecular complexity index is 320. The van der Waals surface area contributed by atoms with Crippen molar-refractivity contribution in [2.45, 2.75) is 20.4 Å². The van der Waals surface area contributed by atoms with Crippen molar-refractivity contribution in [1.29, 1.82) is 0 Å². The maximum Gasteiger partial charge on any atom is 0.269 e. The summed E-state index contributed by atoms with van der Waals surface area (Å²) in [6, 6.07) is 6.63. The molecule has 1 rings (SSSR count). The van der Waals surface area contributed by atoms with Crippen molar-refractivity contribution < 1.29 is 4.92 Å². The number of non-ortho nitro benzene ring substituents is 1. The Kier molecular flexibility index (Phi) is 4.24. The molecule has 4 nitrogen and oxygen atoms in total. The molecule has 0 saturated heterocycles. The van der Waals surface area contributed by atoms with Crippen LogP contribution in [0.15, 0.2) is 24.3 Å². The third-order valence-electron chi connectivity index (χ3n) is 2.03. The van der Waals surface area contributed by atoms with Crippen molar-refractivity contribution in [2.24, 2.45) is 5.92 Å². The second kappa shape index (κ2) is 5.46. The van der Waals surface area contributed by atoms with Crippen molar-refractivity contribution in [1.82, 2.24) is 5.32 Å². The molecule has 0 heterocycles. The summed E-state index contributed by atoms with van der Waals surface area (Å²) in [5.41, 5.74) is 1.21. The van der Waals surface area contributed by atoms with Crippen LogP contribution in [0, 0.1) is 16.0 Å². The molecule has 0 aromatic heterocycles. The van der Waals surface area contributed by atoms with E-state index in [0.29, 0.717) is 5.92 Å². The zero-order valence-electron chi connectivity index (χ0n) is 9.06. The minimum atomic E-state index is -0.384. The van der Waals surface area contributed by atoms with Gasteiger partial charge in [0.1, 0.15) is 0 Å². The van der Waals surface area contributed by atoms with Gasteiger partial charge in [-0.05, 0) is 18.0 Å². The molecule has 0 amide bonds. The highest BCUT2D eigenvalue weighted by atomic mass is 16.6. The molecule has 82 valence electrons. The monoisotopic (exact) mass is 208 g/mol. The molecule has 0 radical (unpaired) electrons. The van der Waals surface area contributed by atoms with Gasteiger partial charge in [0.2, 0.25) is 0 Å². The van der Waals surface area contributed by atoms with Gasteiger partial charge in [-0.3, -0.25) is 10.1 Å². The maximum atomic E-state index is 10.4. The number of rotatable bonds is 5. The molecule has 0 atom stereocenters. The van der Waals surface area contributed by atoms with Crippen LogP contribution < -0.4 is 5.32 Å². The van der Waals surface area contributed by atoms with Gasteiger partial charge in [-0.1, -0.05) is 26.0 Å². The van der Waals surface area contributed by atoms with Gasteiger partial charge in [-0.2, -0.15) is 0 Å². The van der Waals surface area contributed by atoms with Crippen molar-refractivity contribution in [2.75, 3.05) is 6.54 Å². The summed E-state index contributed by atoms with van der Waals surface area (Å²) in [5.74, 6) is 0.614. The third-order valence-corrected chi connectivity index (χ3v) is 2.03. The highest BCUT2D eigenvalue weighted by molar-refractivity contribution is 5.32. The Morgan fingerprint density at radius 1 is 1.33 bits per heavy atom. The first-order chi connectivity index (χ1) is 7.09. The van der Waals surface area contributed by atoms with Crippen LogP contribution in [-0.4, -0.2) is 11.5 Å². The molecule has 4 heteroatoms. The number of nitrogens with zero attached hydrogens (tertiary/aromatic N) is 1. The quantitative estimate of drug-likeness (QED) is 0.597. The summed E-state index contributed by atoms with van der Waals surface area (Å²) < 4.78 is 0. The predicted molar refractivity (Wildman–Crippen MR) is 59.6 cm³/mol. The molecule has 0 spiro atoms. The molecule has 0 saturated carbocycles. The Labute approximate surface area is 89.5 Å². The molecule has 0 fully saturated rings. The van der Waals surface area contributed by atoms with Gasteiger partial charge in [0, 0.05) is 18.7 Å². The summed E-state index contributed by atoms with van der Waals surface area (Å²) >= 11 is 0. The van der Waals surface area contributed by atoms with Gasteiger partial charge >= 0.3 is 0 Å². The third kappa shape index (κ3) is 4.08. The van der Waals surface area contributed by atoms with Gasteiger partial charge in [-0.15, -0.1) is 0 Å². The molecule has 15 heavy (non-hydrogen) atoms. The number of nitro groups is 1. The van der Waals surface area contributed by atoms with Gasteiger partial charge in [0.05, 0.1) is 4.92 Å². The Balaban J connectivity index is 2.46. The number of hydrogen-bond donors (Lipinski definition) is 1. The van der Waals surface area contributed by atoms with Crippen LogP contribution in [0.4, 0.5) is 5.69 Å². The van der Waals surface area contributed by atoms with Crippen molar-refractivity contribution in [3.63, 3.8) is 0 Å². The maximum absolute atomic E-state index is 10.4. The van der Waals surface area contributed by atoms with Crippen molar-refractivity contribution in [3.8, 4) is 0 Å². The van der Waals surface area contributed by atoms with E-state index in [2.05, 4.69) is 19.2 Å². The lowest BCUT2D eigenvalue weighted by Gasteiger charge is -2.06. The van der Waals surface area contributed by atoms with E-state index in [1.165, 1.54) is 12.1 Å². The Morgan fingerprint density at radius 2 is 1.93 bits per heavy atom. The van der Waals surface area contributed by atoms with E-state index in [-0.39, 0.29) is 10.6 Å². The molecule has 0 aliphatic carbocycles. The summed E-state index contributed by atoms with van der Waals surface area (Å²) in [5, 5.41) is 13.7. The highest BCUT2D eigenvalue weighted by Crippen LogP contribution is 2.11. The molecule has 1 aromatic carbocycles. The van der Waals surface area contributed by atoms with Gasteiger partial charge in [0.15, 0.2) is 0 Å². The second-order valence-corrected chi connectivity index (χ2v) is 3.95. The summed E-state index contributed by atoms with van der Waals surface area (Å²) in [6.45, 7) is 6.00. The van der Waals surface area contributed by atoms with Crippen LogP contribution in [0.2, 0.25) is 0 Å². The van der Waals surface area contributed by atoms with Crippen LogP contribution in [0.5, 0.6) is 0 Å². The number of nitrogens with one attached hydrogen (secondary N) is 1. The number of nitro benzene ring substituents is 1. The van der Waals surface area contributed by atoms with Crippen molar-refractivity contribution >= 4 is 5.69 Å². The lowest BCUT2D eigenvalue weighted by Crippen LogP contribution is -2.18. The fourth-order valence-electron chi connectivity index (χ4n) is 1.24. The first-order valence-corrected chi connectivity index (χ1v) is 5.03. The van der Waals surface area contributed by atoms with E-state index in [9.17, 15) is 10.1 Å². The first-order valence-electron chi connectivity index (χ1n) is 5.03. The van der Waals surface area contributed by atoms with Crippen LogP contribution >= 0.6 is 0 Å². The van der Waals surface area contributed by atoms with E-state index in [0.717, 1.165) is 18.7 Å². The molecule has 0 aliphatic rings. The normalized spacial score (nSPS) is 10.6. The average molecular weight is 208 g/mol. The predicted octanol–water partition coefficient (Wildman–Crippen LogP) is 2.34. The first kappa shape index (κ1) is 11.7. The van der Waals surface area contributed by atoms with Gasteiger partial charge < -0.3 is 5.32 Å². The topological polar surface area (TPSA) is 55.2 Å². The fourth-order valence-corrected chi connectivity index (χ4v) is 1.24. The van der Waals surface area contributed by atoms with E-state index in [4.69, 9.17) is 0 Å². The Morgan fingerprint density at radius 3 is 2.40 bits per heavy atom. The Hall–Kier alpha value is -1.42. The van der Waals surface area contributed by atoms with Crippen LogP contribution in [-0.2, 0) is 6.54 Å². The molecular formula is C11H16N2O2. The average Bonchev–Trinajstić information content (AvgIpc) is 2.18. The zero-order chi connectivity index (χ0) is 11.3. The van der Waals surface area contributed by atoms with Gasteiger partial charge in [0.25, 0.3) is 5.69 Å². The van der Waals surface area contributed by atoms with E-state index >= 15 is 0 Å². The zero-order valence-corrected chi connectivity index (χ0v) is 9.06. The minimum absolute atomic E-state index is 0.141. The van der Waals surface area contributed by atoms with Crippen LogP contribution in [0.25, 0.3) is 0 Å². The highest BCUT2D eigenvalue weighted by Gasteiger charge is 2.03. The molecule has 1 N–H and O–H groups in total. The SMILES string of the molecule is CC(C)CNCc1ccc([N+](=O)[O-])cc1. The number of hydrogen-bond acceptors (Lipinski definition) is 3. The molecule has 0 unspecified atom stereocenters.